The number of carbonyl (C=O) groups excluding carboxylic acids is 2. The van der Waals surface area contributed by atoms with Crippen molar-refractivity contribution in [2.75, 3.05) is 79.5 Å². The Morgan fingerprint density at radius 2 is 1.10 bits per heavy atom. The Kier molecular flexibility index (Phi) is 6.89. The van der Waals surface area contributed by atoms with E-state index in [1.165, 1.54) is 13.0 Å². The zero-order chi connectivity index (χ0) is 21.1. The normalized spacial score (nSPS) is 20.1. The fourth-order valence-corrected chi connectivity index (χ4v) is 3.81. The van der Waals surface area contributed by atoms with Gasteiger partial charge in [0, 0.05) is 57.9 Å². The summed E-state index contributed by atoms with van der Waals surface area (Å²) in [7, 11) is 4.10. The Hall–Kier alpha value is -2.00. The first-order valence-corrected chi connectivity index (χ1v) is 10.2. The molecule has 0 bridgehead atoms. The summed E-state index contributed by atoms with van der Waals surface area (Å²) in [5.74, 6) is -0.942. The van der Waals surface area contributed by atoms with Gasteiger partial charge >= 0.3 is 0 Å². The van der Waals surface area contributed by atoms with E-state index in [9.17, 15) is 19.8 Å². The molecule has 2 saturated heterocycles. The van der Waals surface area contributed by atoms with Crippen LogP contribution in [0.15, 0.2) is 6.07 Å². The molecule has 0 saturated carbocycles. The van der Waals surface area contributed by atoms with E-state index >= 15 is 0 Å². The van der Waals surface area contributed by atoms with Gasteiger partial charge in [0.2, 0.25) is 0 Å². The van der Waals surface area contributed by atoms with Crippen LogP contribution < -0.4 is 0 Å². The Labute approximate surface area is 172 Å². The number of piperazine rings is 2. The number of Topliss-reactive ketones (excluding diaryl/α,β-unsaturated/α-hetero) is 2. The Bertz CT molecular complexity index is 706. The molecule has 1 aromatic carbocycles. The third kappa shape index (κ3) is 5.14. The van der Waals surface area contributed by atoms with Gasteiger partial charge in [-0.3, -0.25) is 19.4 Å². The number of benzene rings is 1. The molecule has 2 aliphatic rings. The van der Waals surface area contributed by atoms with E-state index < -0.39 is 0 Å². The molecule has 3 rings (SSSR count). The monoisotopic (exact) mass is 404 g/mol. The van der Waals surface area contributed by atoms with Crippen LogP contribution in [0.4, 0.5) is 0 Å². The average molecular weight is 405 g/mol. The van der Waals surface area contributed by atoms with Gasteiger partial charge < -0.3 is 20.0 Å². The van der Waals surface area contributed by atoms with Crippen molar-refractivity contribution in [3.05, 3.63) is 22.8 Å². The van der Waals surface area contributed by atoms with Crippen molar-refractivity contribution in [3.63, 3.8) is 0 Å². The Morgan fingerprint density at radius 1 is 0.759 bits per heavy atom. The molecule has 0 aliphatic carbocycles. The SMILES string of the molecule is Cc1c(O)c(C(=O)CN2CCN(C)CC2)cc(C(=O)CN2CCN(C)CC2)c1O. The van der Waals surface area contributed by atoms with Gasteiger partial charge in [0.15, 0.2) is 11.6 Å². The summed E-state index contributed by atoms with van der Waals surface area (Å²) in [6.45, 7) is 8.63. The zero-order valence-corrected chi connectivity index (χ0v) is 17.6. The topological polar surface area (TPSA) is 87.6 Å². The van der Waals surface area contributed by atoms with Crippen molar-refractivity contribution in [1.82, 2.24) is 19.6 Å². The summed E-state index contributed by atoms with van der Waals surface area (Å²) in [6, 6.07) is 1.37. The summed E-state index contributed by atoms with van der Waals surface area (Å²) in [5, 5.41) is 20.9. The molecule has 0 spiro atoms. The number of likely N-dealkylation sites (N-methyl/N-ethyl adjacent to an activating group) is 2. The van der Waals surface area contributed by atoms with Gasteiger partial charge in [-0.25, -0.2) is 0 Å². The molecule has 2 fully saturated rings. The van der Waals surface area contributed by atoms with E-state index in [0.29, 0.717) is 0 Å². The lowest BCUT2D eigenvalue weighted by molar-refractivity contribution is 0.0872. The zero-order valence-electron chi connectivity index (χ0n) is 17.6. The number of ketones is 2. The standard InChI is InChI=1S/C21H32N4O4/c1-15-20(28)16(18(26)13-24-8-4-22(2)5-9-24)12-17(21(15)29)19(27)14-25-10-6-23(3)7-11-25/h12,28-29H,4-11,13-14H2,1-3H3. The van der Waals surface area contributed by atoms with E-state index in [1.807, 2.05) is 14.1 Å². The number of phenols is 2. The fraction of sp³-hybridized carbons (Fsp3) is 0.619. The predicted molar refractivity (Wildman–Crippen MR) is 111 cm³/mol. The molecule has 1 aromatic rings. The van der Waals surface area contributed by atoms with Gasteiger partial charge in [0.25, 0.3) is 0 Å². The summed E-state index contributed by atoms with van der Waals surface area (Å²) >= 11 is 0. The van der Waals surface area contributed by atoms with Crippen molar-refractivity contribution in [2.45, 2.75) is 6.92 Å². The van der Waals surface area contributed by atoms with E-state index in [4.69, 9.17) is 0 Å². The van der Waals surface area contributed by atoms with Crippen LogP contribution in [-0.2, 0) is 0 Å². The van der Waals surface area contributed by atoms with Crippen LogP contribution >= 0.6 is 0 Å². The maximum absolute atomic E-state index is 12.9. The smallest absolute Gasteiger partial charge is 0.180 e. The van der Waals surface area contributed by atoms with Crippen molar-refractivity contribution in [3.8, 4) is 11.5 Å². The molecule has 160 valence electrons. The van der Waals surface area contributed by atoms with Crippen LogP contribution in [0.3, 0.4) is 0 Å². The molecule has 29 heavy (non-hydrogen) atoms. The Balaban J connectivity index is 1.75. The van der Waals surface area contributed by atoms with Gasteiger partial charge in [-0.2, -0.15) is 0 Å². The summed E-state index contributed by atoms with van der Waals surface area (Å²) in [4.78, 5) is 34.2. The highest BCUT2D eigenvalue weighted by atomic mass is 16.3. The fourth-order valence-electron chi connectivity index (χ4n) is 3.81. The van der Waals surface area contributed by atoms with Gasteiger partial charge in [0.05, 0.1) is 24.2 Å². The third-order valence-corrected chi connectivity index (χ3v) is 6.04. The second-order valence-electron chi connectivity index (χ2n) is 8.30. The third-order valence-electron chi connectivity index (χ3n) is 6.04. The maximum Gasteiger partial charge on any atom is 0.180 e. The van der Waals surface area contributed by atoms with Gasteiger partial charge in [-0.05, 0) is 27.1 Å². The number of phenolic OH excluding ortho intramolecular Hbond substituents is 2. The number of rotatable bonds is 6. The maximum atomic E-state index is 12.9. The second-order valence-corrected chi connectivity index (χ2v) is 8.30. The summed E-state index contributed by atoms with van der Waals surface area (Å²) in [6.07, 6.45) is 0. The van der Waals surface area contributed by atoms with Crippen LogP contribution in [0.25, 0.3) is 0 Å². The minimum Gasteiger partial charge on any atom is -0.507 e. The van der Waals surface area contributed by atoms with Crippen molar-refractivity contribution in [2.24, 2.45) is 0 Å². The molecular weight excluding hydrogens is 372 g/mol. The van der Waals surface area contributed by atoms with Crippen LogP contribution in [0.2, 0.25) is 0 Å². The van der Waals surface area contributed by atoms with Crippen LogP contribution in [0.5, 0.6) is 11.5 Å². The van der Waals surface area contributed by atoms with E-state index in [2.05, 4.69) is 19.6 Å². The molecule has 2 N–H and O–H groups in total. The number of carbonyl (C=O) groups is 2. The predicted octanol–water partition coefficient (Wildman–Crippen LogP) is 0.266. The molecule has 8 heteroatoms. The average Bonchev–Trinajstić information content (AvgIpc) is 2.69. The molecule has 0 aromatic heterocycles. The summed E-state index contributed by atoms with van der Waals surface area (Å²) in [5.41, 5.74) is 0.401. The largest absolute Gasteiger partial charge is 0.507 e. The molecular formula is C21H32N4O4. The highest BCUT2D eigenvalue weighted by Crippen LogP contribution is 2.34. The molecule has 0 atom stereocenters. The van der Waals surface area contributed by atoms with E-state index in [-0.39, 0.29) is 52.8 Å². The summed E-state index contributed by atoms with van der Waals surface area (Å²) < 4.78 is 0. The minimum absolute atomic E-state index is 0.112. The number of hydrogen-bond acceptors (Lipinski definition) is 8. The Morgan fingerprint density at radius 3 is 1.45 bits per heavy atom. The highest BCUT2D eigenvalue weighted by Gasteiger charge is 2.26. The first-order chi connectivity index (χ1) is 13.8. The molecule has 0 radical (unpaired) electrons. The molecule has 0 amide bonds. The minimum atomic E-state index is -0.238. The van der Waals surface area contributed by atoms with Crippen molar-refractivity contribution < 1.29 is 19.8 Å². The first-order valence-electron chi connectivity index (χ1n) is 10.2. The lowest BCUT2D eigenvalue weighted by Crippen LogP contribution is -2.46. The van der Waals surface area contributed by atoms with Crippen LogP contribution in [0, 0.1) is 6.92 Å². The quantitative estimate of drug-likeness (QED) is 0.654. The van der Waals surface area contributed by atoms with Crippen molar-refractivity contribution >= 4 is 11.6 Å². The van der Waals surface area contributed by atoms with E-state index in [1.54, 1.807) is 0 Å². The number of hydrogen-bond donors (Lipinski definition) is 2. The van der Waals surface area contributed by atoms with Gasteiger partial charge in [-0.1, -0.05) is 0 Å². The van der Waals surface area contributed by atoms with Gasteiger partial charge in [0.1, 0.15) is 11.5 Å². The van der Waals surface area contributed by atoms with Crippen LogP contribution in [0.1, 0.15) is 26.3 Å². The lowest BCUT2D eigenvalue weighted by Gasteiger charge is -2.32. The lowest BCUT2D eigenvalue weighted by atomic mass is 9.97. The molecule has 2 heterocycles. The molecule has 8 nitrogen and oxygen atoms in total. The highest BCUT2D eigenvalue weighted by molar-refractivity contribution is 6.06. The number of nitrogens with zero attached hydrogens (tertiary/aromatic N) is 4. The van der Waals surface area contributed by atoms with Crippen molar-refractivity contribution in [1.29, 1.82) is 0 Å². The second kappa shape index (κ2) is 9.21. The van der Waals surface area contributed by atoms with Gasteiger partial charge in [-0.15, -0.1) is 0 Å². The molecule has 2 aliphatic heterocycles. The first kappa shape index (κ1) is 21.7. The van der Waals surface area contributed by atoms with Crippen LogP contribution in [-0.4, -0.2) is 121 Å². The van der Waals surface area contributed by atoms with E-state index in [0.717, 1.165) is 52.4 Å². The number of aromatic hydroxyl groups is 2. The molecule has 0 unspecified atom stereocenters.